The minimum atomic E-state index is -0.544. The van der Waals surface area contributed by atoms with E-state index >= 15 is 0 Å². The molecule has 0 bridgehead atoms. The van der Waals surface area contributed by atoms with Crippen LogP contribution in [0, 0.1) is 10.1 Å². The van der Waals surface area contributed by atoms with E-state index in [4.69, 9.17) is 9.73 Å². The molecule has 1 aliphatic heterocycles. The summed E-state index contributed by atoms with van der Waals surface area (Å²) in [5.74, 6) is -0.357. The summed E-state index contributed by atoms with van der Waals surface area (Å²) in [6.07, 6.45) is 12.5. The predicted molar refractivity (Wildman–Crippen MR) is 125 cm³/mol. The first-order chi connectivity index (χ1) is 15.5. The summed E-state index contributed by atoms with van der Waals surface area (Å²) in [6, 6.07) is 2.80. The van der Waals surface area contributed by atoms with Gasteiger partial charge >= 0.3 is 0 Å². The van der Waals surface area contributed by atoms with E-state index in [0.717, 1.165) is 56.5 Å². The summed E-state index contributed by atoms with van der Waals surface area (Å²) in [5.41, 5.74) is -0.0170. The molecular weight excluding hydrogens is 430 g/mol. The van der Waals surface area contributed by atoms with Gasteiger partial charge in [0, 0.05) is 17.7 Å². The lowest BCUT2D eigenvalue weighted by atomic mass is 9.94. The minimum Gasteiger partial charge on any atom is -0.504 e. The molecule has 0 atom stereocenters. The highest BCUT2D eigenvalue weighted by atomic mass is 32.2. The smallest absolute Gasteiger partial charge is 0.274 e. The Morgan fingerprint density at radius 1 is 1.16 bits per heavy atom. The van der Waals surface area contributed by atoms with Gasteiger partial charge in [0.1, 0.15) is 0 Å². The Balaban J connectivity index is 1.71. The Hall–Kier alpha value is -2.55. The van der Waals surface area contributed by atoms with Crippen LogP contribution >= 0.6 is 11.8 Å². The van der Waals surface area contributed by atoms with Crippen molar-refractivity contribution in [3.8, 4) is 11.5 Å². The standard InChI is InChI=1S/C23H29N3O5S/c1-31-19-14-18(26(29)30)12-15(21(19)27)13-20-22(28)25(17-10-6-3-7-11-17)23(32-20)24-16-8-4-2-5-9-16/h12-14,16-17,27H,2-11H2,1H3. The Morgan fingerprint density at radius 3 is 2.44 bits per heavy atom. The van der Waals surface area contributed by atoms with E-state index in [9.17, 15) is 20.0 Å². The van der Waals surface area contributed by atoms with Gasteiger partial charge < -0.3 is 9.84 Å². The number of amides is 1. The number of benzene rings is 1. The predicted octanol–water partition coefficient (Wildman–Crippen LogP) is 5.25. The Kier molecular flexibility index (Phi) is 7.03. The fraction of sp³-hybridized carbons (Fsp3) is 0.565. The Labute approximate surface area is 191 Å². The van der Waals surface area contributed by atoms with Gasteiger partial charge in [0.2, 0.25) is 0 Å². The lowest BCUT2D eigenvalue weighted by Crippen LogP contribution is -2.41. The summed E-state index contributed by atoms with van der Waals surface area (Å²) in [4.78, 5) is 31.5. The van der Waals surface area contributed by atoms with Gasteiger partial charge in [0.05, 0.1) is 29.0 Å². The molecule has 1 aromatic carbocycles. The van der Waals surface area contributed by atoms with E-state index in [1.165, 1.54) is 49.9 Å². The molecule has 1 aromatic rings. The van der Waals surface area contributed by atoms with E-state index in [0.29, 0.717) is 4.91 Å². The van der Waals surface area contributed by atoms with Gasteiger partial charge in [0.25, 0.3) is 11.6 Å². The van der Waals surface area contributed by atoms with Crippen LogP contribution in [0.15, 0.2) is 22.0 Å². The van der Waals surface area contributed by atoms with E-state index in [-0.39, 0.29) is 40.7 Å². The first kappa shape index (κ1) is 22.6. The molecule has 3 fully saturated rings. The molecule has 1 saturated heterocycles. The average molecular weight is 460 g/mol. The number of nitrogens with zero attached hydrogens (tertiary/aromatic N) is 3. The number of non-ortho nitro benzene ring substituents is 1. The molecule has 3 aliphatic rings. The summed E-state index contributed by atoms with van der Waals surface area (Å²) < 4.78 is 5.10. The lowest BCUT2D eigenvalue weighted by Gasteiger charge is -2.31. The molecule has 0 radical (unpaired) electrons. The summed E-state index contributed by atoms with van der Waals surface area (Å²) in [5, 5.41) is 22.6. The number of methoxy groups -OCH3 is 1. The molecule has 1 N–H and O–H groups in total. The zero-order valence-electron chi connectivity index (χ0n) is 18.3. The van der Waals surface area contributed by atoms with Crippen molar-refractivity contribution >= 4 is 34.6 Å². The number of aliphatic imine (C=N–C) groups is 1. The van der Waals surface area contributed by atoms with Crippen LogP contribution in [0.1, 0.15) is 69.8 Å². The van der Waals surface area contributed by atoms with Crippen LogP contribution in [0.3, 0.4) is 0 Å². The van der Waals surface area contributed by atoms with Gasteiger partial charge in [-0.1, -0.05) is 38.5 Å². The van der Waals surface area contributed by atoms with Gasteiger partial charge in [-0.3, -0.25) is 24.8 Å². The molecule has 4 rings (SSSR count). The number of phenolic OH excluding ortho intramolecular Hbond substituents is 1. The van der Waals surface area contributed by atoms with E-state index in [1.807, 2.05) is 4.90 Å². The second-order valence-corrected chi connectivity index (χ2v) is 9.63. The molecule has 0 aromatic heterocycles. The molecule has 2 aliphatic carbocycles. The van der Waals surface area contributed by atoms with Crippen molar-refractivity contribution in [2.75, 3.05) is 7.11 Å². The monoisotopic (exact) mass is 459 g/mol. The fourth-order valence-electron chi connectivity index (χ4n) is 4.73. The number of thioether (sulfide) groups is 1. The Bertz CT molecular complexity index is 949. The number of nitro groups is 1. The van der Waals surface area contributed by atoms with Crippen LogP contribution in [0.4, 0.5) is 5.69 Å². The van der Waals surface area contributed by atoms with E-state index in [2.05, 4.69) is 0 Å². The molecule has 1 amide bonds. The topological polar surface area (TPSA) is 105 Å². The van der Waals surface area contributed by atoms with Crippen molar-refractivity contribution in [2.24, 2.45) is 4.99 Å². The highest BCUT2D eigenvalue weighted by Gasteiger charge is 2.39. The number of rotatable bonds is 5. The molecular formula is C23H29N3O5S. The quantitative estimate of drug-likeness (QED) is 0.366. The van der Waals surface area contributed by atoms with E-state index in [1.54, 1.807) is 0 Å². The maximum atomic E-state index is 13.5. The van der Waals surface area contributed by atoms with Gasteiger partial charge in [-0.25, -0.2) is 0 Å². The summed E-state index contributed by atoms with van der Waals surface area (Å²) >= 11 is 1.31. The number of hydrogen-bond donors (Lipinski definition) is 1. The summed E-state index contributed by atoms with van der Waals surface area (Å²) in [7, 11) is 1.34. The SMILES string of the molecule is COc1cc([N+](=O)[O-])cc(C=C2SC(=NC3CCCCC3)N(C3CCCCC3)C2=O)c1O. The van der Waals surface area contributed by atoms with Gasteiger partial charge in [-0.15, -0.1) is 0 Å². The number of phenols is 1. The second-order valence-electron chi connectivity index (χ2n) is 8.62. The first-order valence-corrected chi connectivity index (χ1v) is 12.2. The third kappa shape index (κ3) is 4.77. The van der Waals surface area contributed by atoms with Crippen LogP contribution in [0.5, 0.6) is 11.5 Å². The number of amidine groups is 1. The van der Waals surface area contributed by atoms with Crippen LogP contribution < -0.4 is 4.74 Å². The number of carbonyl (C=O) groups is 1. The lowest BCUT2D eigenvalue weighted by molar-refractivity contribution is -0.385. The largest absolute Gasteiger partial charge is 0.504 e. The molecule has 0 spiro atoms. The number of aromatic hydroxyl groups is 1. The molecule has 9 heteroatoms. The zero-order valence-corrected chi connectivity index (χ0v) is 19.1. The number of carbonyl (C=O) groups excluding carboxylic acids is 1. The number of ether oxygens (including phenoxy) is 1. The van der Waals surface area contributed by atoms with Crippen molar-refractivity contribution in [3.05, 3.63) is 32.7 Å². The van der Waals surface area contributed by atoms with Crippen molar-refractivity contribution in [1.29, 1.82) is 0 Å². The number of hydrogen-bond acceptors (Lipinski definition) is 7. The molecule has 1 heterocycles. The maximum absolute atomic E-state index is 13.5. The third-order valence-electron chi connectivity index (χ3n) is 6.45. The van der Waals surface area contributed by atoms with Crippen LogP contribution in [-0.4, -0.2) is 45.2 Å². The minimum absolute atomic E-state index is 0.00160. The average Bonchev–Trinajstić information content (AvgIpc) is 3.10. The summed E-state index contributed by atoms with van der Waals surface area (Å²) in [6.45, 7) is 0. The van der Waals surface area contributed by atoms with Crippen molar-refractivity contribution in [1.82, 2.24) is 4.90 Å². The van der Waals surface area contributed by atoms with Crippen LogP contribution in [0.25, 0.3) is 6.08 Å². The van der Waals surface area contributed by atoms with Crippen LogP contribution in [0.2, 0.25) is 0 Å². The molecule has 32 heavy (non-hydrogen) atoms. The van der Waals surface area contributed by atoms with Gasteiger partial charge in [0.15, 0.2) is 16.7 Å². The van der Waals surface area contributed by atoms with Crippen LogP contribution in [-0.2, 0) is 4.79 Å². The van der Waals surface area contributed by atoms with E-state index < -0.39 is 4.92 Å². The molecule has 172 valence electrons. The molecule has 2 saturated carbocycles. The molecule has 0 unspecified atom stereocenters. The zero-order chi connectivity index (χ0) is 22.7. The van der Waals surface area contributed by atoms with Crippen molar-refractivity contribution in [2.45, 2.75) is 76.3 Å². The van der Waals surface area contributed by atoms with Crippen molar-refractivity contribution < 1.29 is 19.6 Å². The number of nitro benzene ring substituents is 1. The second kappa shape index (κ2) is 9.94. The normalized spacial score (nSPS) is 23.3. The molecule has 8 nitrogen and oxygen atoms in total. The third-order valence-corrected chi connectivity index (χ3v) is 7.45. The van der Waals surface area contributed by atoms with Gasteiger partial charge in [-0.2, -0.15) is 0 Å². The highest BCUT2D eigenvalue weighted by Crippen LogP contribution is 2.41. The fourth-order valence-corrected chi connectivity index (χ4v) is 5.83. The van der Waals surface area contributed by atoms with Crippen molar-refractivity contribution in [3.63, 3.8) is 0 Å². The van der Waals surface area contributed by atoms with Gasteiger partial charge in [-0.05, 0) is 43.5 Å². The Morgan fingerprint density at radius 2 is 1.81 bits per heavy atom. The first-order valence-electron chi connectivity index (χ1n) is 11.3. The highest BCUT2D eigenvalue weighted by molar-refractivity contribution is 8.18. The maximum Gasteiger partial charge on any atom is 0.274 e.